The van der Waals surface area contributed by atoms with Crippen LogP contribution in [0.15, 0.2) is 29.6 Å². The van der Waals surface area contributed by atoms with Crippen molar-refractivity contribution in [1.82, 2.24) is 10.2 Å². The minimum atomic E-state index is 0.185. The number of halogens is 2. The van der Waals surface area contributed by atoms with Gasteiger partial charge in [-0.3, -0.25) is 4.90 Å². The Hall–Kier alpha value is -0.580. The molecule has 118 valence electrons. The molecule has 1 N–H and O–H groups in total. The van der Waals surface area contributed by atoms with Crippen molar-refractivity contribution in [1.29, 1.82) is 0 Å². The van der Waals surface area contributed by atoms with Crippen LogP contribution < -0.4 is 5.32 Å². The second kappa shape index (κ2) is 7.33. The first-order valence-corrected chi connectivity index (χ1v) is 9.24. The Morgan fingerprint density at radius 3 is 2.86 bits per heavy atom. The summed E-state index contributed by atoms with van der Waals surface area (Å²) in [5.74, 6) is 0. The average Bonchev–Trinajstić information content (AvgIpc) is 2.75. The Morgan fingerprint density at radius 1 is 1.23 bits per heavy atom. The van der Waals surface area contributed by atoms with E-state index in [9.17, 15) is 0 Å². The van der Waals surface area contributed by atoms with Gasteiger partial charge in [-0.05, 0) is 48.5 Å². The summed E-state index contributed by atoms with van der Waals surface area (Å²) in [4.78, 5) is 3.85. The highest BCUT2D eigenvalue weighted by Gasteiger charge is 2.26. The van der Waals surface area contributed by atoms with E-state index in [0.29, 0.717) is 10.0 Å². The van der Waals surface area contributed by atoms with Crippen LogP contribution in [0.4, 0.5) is 0 Å². The van der Waals surface area contributed by atoms with Crippen molar-refractivity contribution < 1.29 is 0 Å². The zero-order valence-corrected chi connectivity index (χ0v) is 14.9. The topological polar surface area (TPSA) is 15.3 Å². The van der Waals surface area contributed by atoms with Gasteiger partial charge in [0.05, 0.1) is 16.1 Å². The SMILES string of the molecule is Cc1csc(C(c2cccc(Cl)c2Cl)N2CCCNCC2)c1. The molecule has 1 unspecified atom stereocenters. The fourth-order valence-electron chi connectivity index (χ4n) is 2.98. The molecule has 1 aliphatic heterocycles. The van der Waals surface area contributed by atoms with E-state index in [4.69, 9.17) is 23.2 Å². The first-order chi connectivity index (χ1) is 10.7. The van der Waals surface area contributed by atoms with E-state index in [1.165, 1.54) is 10.4 Å². The fourth-order valence-corrected chi connectivity index (χ4v) is 4.44. The molecule has 2 heterocycles. The average molecular weight is 355 g/mol. The highest BCUT2D eigenvalue weighted by atomic mass is 35.5. The number of thiophene rings is 1. The number of nitrogens with zero attached hydrogens (tertiary/aromatic N) is 1. The summed E-state index contributed by atoms with van der Waals surface area (Å²) in [6.07, 6.45) is 1.15. The number of rotatable bonds is 3. The van der Waals surface area contributed by atoms with Gasteiger partial charge in [-0.25, -0.2) is 0 Å². The molecule has 5 heteroatoms. The second-order valence-electron chi connectivity index (χ2n) is 5.71. The van der Waals surface area contributed by atoms with E-state index >= 15 is 0 Å². The van der Waals surface area contributed by atoms with Crippen molar-refractivity contribution in [2.75, 3.05) is 26.2 Å². The molecule has 0 amide bonds. The molecule has 0 spiro atoms. The van der Waals surface area contributed by atoms with E-state index in [-0.39, 0.29) is 6.04 Å². The van der Waals surface area contributed by atoms with E-state index in [1.54, 1.807) is 11.3 Å². The molecule has 2 nitrogen and oxygen atoms in total. The van der Waals surface area contributed by atoms with Gasteiger partial charge < -0.3 is 5.32 Å². The fraction of sp³-hybridized carbons (Fsp3) is 0.412. The zero-order chi connectivity index (χ0) is 15.5. The van der Waals surface area contributed by atoms with Crippen LogP contribution >= 0.6 is 34.5 Å². The molecule has 1 fully saturated rings. The standard InChI is InChI=1S/C17H20Cl2N2S/c1-12-10-15(22-11-12)17(21-8-3-6-20-7-9-21)13-4-2-5-14(18)16(13)19/h2,4-5,10-11,17,20H,3,6-9H2,1H3. The highest BCUT2D eigenvalue weighted by Crippen LogP contribution is 2.39. The third kappa shape index (κ3) is 3.50. The summed E-state index contributed by atoms with van der Waals surface area (Å²) in [6.45, 7) is 6.32. The molecule has 0 saturated carbocycles. The van der Waals surface area contributed by atoms with E-state index < -0.39 is 0 Å². The lowest BCUT2D eigenvalue weighted by atomic mass is 10.0. The van der Waals surface area contributed by atoms with Gasteiger partial charge >= 0.3 is 0 Å². The van der Waals surface area contributed by atoms with Gasteiger partial charge in [-0.15, -0.1) is 11.3 Å². The van der Waals surface area contributed by atoms with E-state index in [0.717, 1.165) is 38.2 Å². The second-order valence-corrected chi connectivity index (χ2v) is 7.44. The predicted octanol–water partition coefficient (Wildman–Crippen LogP) is 4.75. The number of hydrogen-bond acceptors (Lipinski definition) is 3. The molecule has 1 aliphatic rings. The number of nitrogens with one attached hydrogen (secondary N) is 1. The van der Waals surface area contributed by atoms with Crippen LogP contribution in [0.1, 0.15) is 28.5 Å². The van der Waals surface area contributed by atoms with Gasteiger partial charge in [0.1, 0.15) is 0 Å². The van der Waals surface area contributed by atoms with Crippen LogP contribution in [0.2, 0.25) is 10.0 Å². The Kier molecular flexibility index (Phi) is 5.42. The van der Waals surface area contributed by atoms with Crippen LogP contribution in [0.3, 0.4) is 0 Å². The summed E-state index contributed by atoms with van der Waals surface area (Å²) >= 11 is 14.6. The largest absolute Gasteiger partial charge is 0.315 e. The van der Waals surface area contributed by atoms with Crippen LogP contribution in [0, 0.1) is 6.92 Å². The van der Waals surface area contributed by atoms with Crippen molar-refractivity contribution in [3.05, 3.63) is 55.7 Å². The number of hydrogen-bond donors (Lipinski definition) is 1. The van der Waals surface area contributed by atoms with Gasteiger partial charge in [-0.1, -0.05) is 35.3 Å². The summed E-state index contributed by atoms with van der Waals surface area (Å²) < 4.78 is 0. The first kappa shape index (κ1) is 16.3. The number of benzene rings is 1. The third-order valence-corrected chi connectivity index (χ3v) is 5.97. The van der Waals surface area contributed by atoms with Gasteiger partial charge in [0.25, 0.3) is 0 Å². The molecule has 0 radical (unpaired) electrons. The molecular weight excluding hydrogens is 335 g/mol. The van der Waals surface area contributed by atoms with E-state index in [1.807, 2.05) is 12.1 Å². The van der Waals surface area contributed by atoms with Crippen molar-refractivity contribution >= 4 is 34.5 Å². The van der Waals surface area contributed by atoms with Crippen molar-refractivity contribution in [3.8, 4) is 0 Å². The molecule has 1 atom stereocenters. The minimum Gasteiger partial charge on any atom is -0.315 e. The summed E-state index contributed by atoms with van der Waals surface area (Å²) in [6, 6.07) is 8.41. The number of aryl methyl sites for hydroxylation is 1. The third-order valence-electron chi connectivity index (χ3n) is 4.04. The molecule has 0 aliphatic carbocycles. The lowest BCUT2D eigenvalue weighted by Crippen LogP contribution is -2.32. The van der Waals surface area contributed by atoms with Crippen molar-refractivity contribution in [2.24, 2.45) is 0 Å². The van der Waals surface area contributed by atoms with Crippen LogP contribution in [-0.2, 0) is 0 Å². The quantitative estimate of drug-likeness (QED) is 0.855. The first-order valence-electron chi connectivity index (χ1n) is 7.60. The normalized spacial score (nSPS) is 18.1. The highest BCUT2D eigenvalue weighted by molar-refractivity contribution is 7.10. The lowest BCUT2D eigenvalue weighted by molar-refractivity contribution is 0.244. The maximum absolute atomic E-state index is 6.54. The van der Waals surface area contributed by atoms with Crippen LogP contribution in [0.25, 0.3) is 0 Å². The molecule has 2 aromatic rings. The van der Waals surface area contributed by atoms with Gasteiger partial charge in [0, 0.05) is 24.5 Å². The Morgan fingerprint density at radius 2 is 2.09 bits per heavy atom. The van der Waals surface area contributed by atoms with Crippen LogP contribution in [-0.4, -0.2) is 31.1 Å². The molecule has 0 bridgehead atoms. The minimum absolute atomic E-state index is 0.185. The lowest BCUT2D eigenvalue weighted by Gasteiger charge is -2.31. The van der Waals surface area contributed by atoms with Gasteiger partial charge in [0.2, 0.25) is 0 Å². The summed E-state index contributed by atoms with van der Waals surface area (Å²) in [5, 5.41) is 6.98. The molecule has 1 aromatic heterocycles. The van der Waals surface area contributed by atoms with Gasteiger partial charge in [-0.2, -0.15) is 0 Å². The van der Waals surface area contributed by atoms with Crippen molar-refractivity contribution in [2.45, 2.75) is 19.4 Å². The zero-order valence-electron chi connectivity index (χ0n) is 12.6. The van der Waals surface area contributed by atoms with Crippen molar-refractivity contribution in [3.63, 3.8) is 0 Å². The summed E-state index contributed by atoms with van der Waals surface area (Å²) in [7, 11) is 0. The maximum Gasteiger partial charge on any atom is 0.0711 e. The molecule has 1 aromatic carbocycles. The molecule has 1 saturated heterocycles. The Labute approximate surface area is 146 Å². The Balaban J connectivity index is 2.03. The predicted molar refractivity (Wildman–Crippen MR) is 96.4 cm³/mol. The maximum atomic E-state index is 6.54. The summed E-state index contributed by atoms with van der Waals surface area (Å²) in [5.41, 5.74) is 2.41. The van der Waals surface area contributed by atoms with Gasteiger partial charge in [0.15, 0.2) is 0 Å². The molecule has 22 heavy (non-hydrogen) atoms. The molecule has 3 rings (SSSR count). The smallest absolute Gasteiger partial charge is 0.0711 e. The van der Waals surface area contributed by atoms with Crippen LogP contribution in [0.5, 0.6) is 0 Å². The Bertz CT molecular complexity index is 633. The molecular formula is C17H20Cl2N2S. The monoisotopic (exact) mass is 354 g/mol. The van der Waals surface area contributed by atoms with E-state index in [2.05, 4.69) is 34.7 Å².